The molecule has 36 heavy (non-hydrogen) atoms. The van der Waals surface area contributed by atoms with E-state index in [1.807, 2.05) is 42.7 Å². The van der Waals surface area contributed by atoms with Gasteiger partial charge in [-0.25, -0.2) is 0 Å². The zero-order chi connectivity index (χ0) is 25.7. The second-order valence-electron chi connectivity index (χ2n) is 8.69. The molecule has 0 aliphatic heterocycles. The van der Waals surface area contributed by atoms with Crippen molar-refractivity contribution in [1.82, 2.24) is 14.8 Å². The molecule has 1 aliphatic rings. The Morgan fingerprint density at radius 2 is 2.06 bits per heavy atom. The number of nitrogens with one attached hydrogen (secondary N) is 1. The zero-order valence-corrected chi connectivity index (χ0v) is 22.7. The van der Waals surface area contributed by atoms with E-state index in [0.29, 0.717) is 39.8 Å². The van der Waals surface area contributed by atoms with E-state index in [9.17, 15) is 10.1 Å². The number of carbonyl (C=O) groups is 1. The lowest BCUT2D eigenvalue weighted by atomic mass is 9.86. The summed E-state index contributed by atoms with van der Waals surface area (Å²) in [6.07, 6.45) is 3.83. The summed E-state index contributed by atoms with van der Waals surface area (Å²) in [6.45, 7) is 6.79. The van der Waals surface area contributed by atoms with Gasteiger partial charge in [-0.2, -0.15) is 5.26 Å². The van der Waals surface area contributed by atoms with Crippen LogP contribution in [-0.4, -0.2) is 33.5 Å². The summed E-state index contributed by atoms with van der Waals surface area (Å²) < 4.78 is 13.2. The molecule has 0 saturated heterocycles. The third-order valence-electron chi connectivity index (χ3n) is 6.44. The molecule has 2 atom stereocenters. The number of nitrogens with zero attached hydrogens (tertiary/aromatic N) is 4. The molecule has 0 bridgehead atoms. The minimum Gasteiger partial charge on any atom is -0.497 e. The van der Waals surface area contributed by atoms with E-state index in [1.54, 1.807) is 18.4 Å². The lowest BCUT2D eigenvalue weighted by Gasteiger charge is -2.20. The Morgan fingerprint density at radius 3 is 2.72 bits per heavy atom. The van der Waals surface area contributed by atoms with Crippen molar-refractivity contribution in [2.24, 2.45) is 5.92 Å². The van der Waals surface area contributed by atoms with Crippen molar-refractivity contribution in [2.75, 3.05) is 18.2 Å². The fourth-order valence-corrected chi connectivity index (χ4v) is 6.56. The van der Waals surface area contributed by atoms with Crippen LogP contribution in [-0.2, 0) is 24.2 Å². The molecule has 1 aliphatic carbocycles. The van der Waals surface area contributed by atoms with E-state index in [2.05, 4.69) is 28.5 Å². The lowest BCUT2D eigenvalue weighted by Crippen LogP contribution is -2.15. The predicted molar refractivity (Wildman–Crippen MR) is 142 cm³/mol. The normalized spacial score (nSPS) is 15.6. The summed E-state index contributed by atoms with van der Waals surface area (Å²) in [5, 5.41) is 22.7. The van der Waals surface area contributed by atoms with Gasteiger partial charge in [-0.15, -0.1) is 21.5 Å². The second-order valence-corrected chi connectivity index (χ2v) is 10.7. The number of benzene rings is 1. The highest BCUT2D eigenvalue weighted by atomic mass is 32.2. The largest absolute Gasteiger partial charge is 0.497 e. The highest BCUT2D eigenvalue weighted by Gasteiger charge is 2.26. The fraction of sp³-hybridized carbons (Fsp3) is 0.462. The van der Waals surface area contributed by atoms with Gasteiger partial charge in [0.05, 0.1) is 18.4 Å². The second kappa shape index (κ2) is 11.8. The van der Waals surface area contributed by atoms with Crippen LogP contribution in [0.5, 0.6) is 11.5 Å². The SMILES string of the molecule is CCC1CCc2c(sc(NC(=O)CSc3nnc(C(C)Oc4ccc(OC)cc4)n3CC)c2C#N)C1. The van der Waals surface area contributed by atoms with Crippen molar-refractivity contribution < 1.29 is 14.3 Å². The Kier molecular flexibility index (Phi) is 8.54. The smallest absolute Gasteiger partial charge is 0.235 e. The molecule has 10 heteroatoms. The molecule has 4 rings (SSSR count). The van der Waals surface area contributed by atoms with Crippen molar-refractivity contribution in [2.45, 2.75) is 64.3 Å². The van der Waals surface area contributed by atoms with Crippen molar-refractivity contribution in [3.63, 3.8) is 0 Å². The van der Waals surface area contributed by atoms with Gasteiger partial charge in [0.15, 0.2) is 17.1 Å². The predicted octanol–water partition coefficient (Wildman–Crippen LogP) is 5.63. The highest BCUT2D eigenvalue weighted by Crippen LogP contribution is 2.40. The maximum absolute atomic E-state index is 12.8. The number of nitriles is 1. The average molecular weight is 526 g/mol. The molecule has 8 nitrogen and oxygen atoms in total. The molecule has 3 aromatic rings. The number of thioether (sulfide) groups is 1. The first-order valence-corrected chi connectivity index (χ1v) is 14.0. The average Bonchev–Trinajstić information content (AvgIpc) is 3.47. The first-order valence-electron chi connectivity index (χ1n) is 12.2. The molecule has 2 heterocycles. The van der Waals surface area contributed by atoms with E-state index >= 15 is 0 Å². The van der Waals surface area contributed by atoms with E-state index in [4.69, 9.17) is 9.47 Å². The molecule has 0 spiro atoms. The highest BCUT2D eigenvalue weighted by molar-refractivity contribution is 7.99. The molecule has 1 amide bonds. The number of amides is 1. The number of thiophene rings is 1. The molecular weight excluding hydrogens is 494 g/mol. The van der Waals surface area contributed by atoms with Gasteiger partial charge in [-0.05, 0) is 68.9 Å². The number of aromatic nitrogens is 3. The maximum Gasteiger partial charge on any atom is 0.235 e. The third-order valence-corrected chi connectivity index (χ3v) is 8.58. The van der Waals surface area contributed by atoms with Gasteiger partial charge in [0, 0.05) is 11.4 Å². The van der Waals surface area contributed by atoms with Crippen LogP contribution in [0.15, 0.2) is 29.4 Å². The number of carbonyl (C=O) groups excluding carboxylic acids is 1. The minimum absolute atomic E-state index is 0.156. The molecule has 2 aromatic heterocycles. The van der Waals surface area contributed by atoms with Gasteiger partial charge < -0.3 is 19.4 Å². The number of fused-ring (bicyclic) bond motifs is 1. The fourth-order valence-electron chi connectivity index (χ4n) is 4.42. The van der Waals surface area contributed by atoms with E-state index < -0.39 is 0 Å². The molecule has 1 aromatic carbocycles. The molecule has 0 saturated carbocycles. The molecule has 2 unspecified atom stereocenters. The number of ether oxygens (including phenoxy) is 2. The summed E-state index contributed by atoms with van der Waals surface area (Å²) in [6, 6.07) is 9.70. The number of methoxy groups -OCH3 is 1. The van der Waals surface area contributed by atoms with Crippen molar-refractivity contribution in [3.05, 3.63) is 46.1 Å². The van der Waals surface area contributed by atoms with Gasteiger partial charge in [0.2, 0.25) is 5.91 Å². The van der Waals surface area contributed by atoms with Crippen molar-refractivity contribution >= 4 is 34.0 Å². The van der Waals surface area contributed by atoms with Crippen LogP contribution in [0, 0.1) is 17.2 Å². The van der Waals surface area contributed by atoms with Gasteiger partial charge >= 0.3 is 0 Å². The Bertz CT molecular complexity index is 1250. The van der Waals surface area contributed by atoms with Crippen molar-refractivity contribution in [3.8, 4) is 17.6 Å². The molecule has 0 fully saturated rings. The summed E-state index contributed by atoms with van der Waals surface area (Å²) in [7, 11) is 1.62. The lowest BCUT2D eigenvalue weighted by molar-refractivity contribution is -0.113. The number of anilines is 1. The van der Waals surface area contributed by atoms with Crippen LogP contribution in [0.25, 0.3) is 0 Å². The Labute approximate surface area is 220 Å². The van der Waals surface area contributed by atoms with E-state index in [0.717, 1.165) is 37.0 Å². The standard InChI is InChI=1S/C26H31N5O3S2/c1-5-17-7-12-20-21(14-27)25(36-22(20)13-17)28-23(32)15-35-26-30-29-24(31(26)6-2)16(3)34-19-10-8-18(33-4)9-11-19/h8-11,16-17H,5-7,12-13,15H2,1-4H3,(H,28,32). The van der Waals surface area contributed by atoms with Crippen LogP contribution in [0.3, 0.4) is 0 Å². The summed E-state index contributed by atoms with van der Waals surface area (Å²) in [5.41, 5.74) is 1.75. The van der Waals surface area contributed by atoms with Gasteiger partial charge in [-0.1, -0.05) is 25.1 Å². The Balaban J connectivity index is 1.39. The third kappa shape index (κ3) is 5.68. The molecule has 0 radical (unpaired) electrons. The number of rotatable bonds is 10. The Morgan fingerprint density at radius 1 is 1.31 bits per heavy atom. The summed E-state index contributed by atoms with van der Waals surface area (Å²) in [5.74, 6) is 2.85. The quantitative estimate of drug-likeness (QED) is 0.343. The van der Waals surface area contributed by atoms with Gasteiger partial charge in [0.25, 0.3) is 0 Å². The zero-order valence-electron chi connectivity index (χ0n) is 21.0. The minimum atomic E-state index is -0.323. The summed E-state index contributed by atoms with van der Waals surface area (Å²) in [4.78, 5) is 14.0. The van der Waals surface area contributed by atoms with Crippen LogP contribution in [0.1, 0.15) is 61.5 Å². The number of hydrogen-bond donors (Lipinski definition) is 1. The van der Waals surface area contributed by atoms with Crippen LogP contribution >= 0.6 is 23.1 Å². The topological polar surface area (TPSA) is 102 Å². The first kappa shape index (κ1) is 26.0. The molecule has 1 N–H and O–H groups in total. The maximum atomic E-state index is 12.8. The first-order chi connectivity index (χ1) is 17.5. The van der Waals surface area contributed by atoms with E-state index in [-0.39, 0.29) is 17.8 Å². The van der Waals surface area contributed by atoms with Crippen LogP contribution in [0.2, 0.25) is 0 Å². The number of hydrogen-bond acceptors (Lipinski definition) is 8. The van der Waals surface area contributed by atoms with E-state index in [1.165, 1.54) is 16.6 Å². The van der Waals surface area contributed by atoms with Gasteiger partial charge in [0.1, 0.15) is 22.6 Å². The molecule has 190 valence electrons. The van der Waals surface area contributed by atoms with Crippen LogP contribution < -0.4 is 14.8 Å². The monoisotopic (exact) mass is 525 g/mol. The van der Waals surface area contributed by atoms with Gasteiger partial charge in [-0.3, -0.25) is 4.79 Å². The molecular formula is C26H31N5O3S2. The van der Waals surface area contributed by atoms with Crippen molar-refractivity contribution in [1.29, 1.82) is 5.26 Å². The summed E-state index contributed by atoms with van der Waals surface area (Å²) >= 11 is 2.88. The Hall–Kier alpha value is -3.03. The van der Waals surface area contributed by atoms with Crippen LogP contribution in [0.4, 0.5) is 5.00 Å².